The van der Waals surface area contributed by atoms with Crippen molar-refractivity contribution in [2.24, 2.45) is 5.92 Å². The van der Waals surface area contributed by atoms with E-state index in [1.807, 2.05) is 7.05 Å². The minimum absolute atomic E-state index is 0.327. The fraction of sp³-hybridized carbons (Fsp3) is 0.667. The van der Waals surface area contributed by atoms with Gasteiger partial charge in [0.15, 0.2) is 0 Å². The Morgan fingerprint density at radius 1 is 1.00 bits per heavy atom. The van der Waals surface area contributed by atoms with Gasteiger partial charge in [0.25, 0.3) is 0 Å². The molecule has 1 atom stereocenters. The molecule has 1 rings (SSSR count). The summed E-state index contributed by atoms with van der Waals surface area (Å²) in [5.74, 6) is -1.06. The van der Waals surface area contributed by atoms with Gasteiger partial charge in [0.1, 0.15) is 0 Å². The van der Waals surface area contributed by atoms with Crippen LogP contribution in [0.5, 0.6) is 0 Å². The average molecular weight is 334 g/mol. The molecule has 0 spiro atoms. The van der Waals surface area contributed by atoms with Crippen LogP contribution in [-0.4, -0.2) is 29.6 Å². The summed E-state index contributed by atoms with van der Waals surface area (Å²) in [5.41, 5.74) is 2.66. The van der Waals surface area contributed by atoms with E-state index in [1.165, 1.54) is 62.5 Å². The third-order valence-electron chi connectivity index (χ3n) is 4.55. The topological polar surface area (TPSA) is 40.5 Å². The molecule has 1 N–H and O–H groups in total. The lowest BCUT2D eigenvalue weighted by Crippen LogP contribution is -2.28. The van der Waals surface area contributed by atoms with Crippen LogP contribution < -0.4 is 0 Å². The number of aryl methyl sites for hydroxylation is 1. The molecule has 3 nitrogen and oxygen atoms in total. The van der Waals surface area contributed by atoms with Crippen LogP contribution in [0.3, 0.4) is 0 Å². The van der Waals surface area contributed by atoms with Crippen molar-refractivity contribution in [3.63, 3.8) is 0 Å². The summed E-state index contributed by atoms with van der Waals surface area (Å²) in [6.07, 6.45) is 10.6. The minimum atomic E-state index is -0.730. The number of carboxylic acids is 1. The van der Waals surface area contributed by atoms with Crippen LogP contribution in [0.15, 0.2) is 24.3 Å². The molecule has 0 saturated heterocycles. The lowest BCUT2D eigenvalue weighted by Gasteiger charge is -2.19. The number of hydrogen-bond donors (Lipinski definition) is 1. The molecule has 1 unspecified atom stereocenters. The molecule has 0 aliphatic carbocycles. The first-order valence-corrected chi connectivity index (χ1v) is 9.52. The van der Waals surface area contributed by atoms with Crippen LogP contribution in [0, 0.1) is 5.92 Å². The molecule has 0 heterocycles. The van der Waals surface area contributed by atoms with Gasteiger partial charge < -0.3 is 10.0 Å². The highest BCUT2D eigenvalue weighted by Gasteiger charge is 2.13. The molecule has 136 valence electrons. The second kappa shape index (κ2) is 12.1. The fourth-order valence-corrected chi connectivity index (χ4v) is 3.02. The Morgan fingerprint density at radius 2 is 1.54 bits per heavy atom. The monoisotopic (exact) mass is 333 g/mol. The normalized spacial score (nSPS) is 12.5. The maximum absolute atomic E-state index is 10.9. The van der Waals surface area contributed by atoms with Crippen LogP contribution in [0.25, 0.3) is 0 Å². The Balaban J connectivity index is 2.24. The van der Waals surface area contributed by atoms with Gasteiger partial charge in [-0.1, -0.05) is 76.6 Å². The number of carboxylic acid groups (broad SMARTS) is 1. The highest BCUT2D eigenvalue weighted by Crippen LogP contribution is 2.13. The molecule has 0 aliphatic heterocycles. The predicted molar refractivity (Wildman–Crippen MR) is 101 cm³/mol. The predicted octanol–water partition coefficient (Wildman–Crippen LogP) is 5.13. The molecule has 3 heteroatoms. The van der Waals surface area contributed by atoms with Crippen LogP contribution in [0.4, 0.5) is 0 Å². The van der Waals surface area contributed by atoms with E-state index < -0.39 is 5.97 Å². The van der Waals surface area contributed by atoms with Crippen molar-refractivity contribution in [2.75, 3.05) is 13.6 Å². The Labute approximate surface area is 148 Å². The molecule has 0 amide bonds. The van der Waals surface area contributed by atoms with E-state index in [2.05, 4.69) is 36.1 Å². The molecular formula is C21H35NO2. The molecule has 0 saturated carbocycles. The first-order valence-electron chi connectivity index (χ1n) is 9.52. The zero-order valence-corrected chi connectivity index (χ0v) is 15.8. The first kappa shape index (κ1) is 20.7. The van der Waals surface area contributed by atoms with E-state index >= 15 is 0 Å². The second-order valence-corrected chi connectivity index (χ2v) is 7.12. The van der Waals surface area contributed by atoms with E-state index in [1.54, 1.807) is 6.92 Å². The summed E-state index contributed by atoms with van der Waals surface area (Å²) >= 11 is 0. The maximum atomic E-state index is 10.9. The van der Waals surface area contributed by atoms with Gasteiger partial charge in [0.2, 0.25) is 0 Å². The third kappa shape index (κ3) is 9.07. The summed E-state index contributed by atoms with van der Waals surface area (Å²) in [6.45, 7) is 5.39. The summed E-state index contributed by atoms with van der Waals surface area (Å²) in [6, 6.07) is 8.80. The first-order chi connectivity index (χ1) is 11.5. The van der Waals surface area contributed by atoms with Gasteiger partial charge >= 0.3 is 5.97 Å². The van der Waals surface area contributed by atoms with Gasteiger partial charge in [-0.3, -0.25) is 4.79 Å². The number of unbranched alkanes of at least 4 members (excludes halogenated alkanes) is 6. The molecule has 0 fully saturated rings. The van der Waals surface area contributed by atoms with E-state index in [9.17, 15) is 4.79 Å². The summed E-state index contributed by atoms with van der Waals surface area (Å²) < 4.78 is 0. The van der Waals surface area contributed by atoms with E-state index in [0.29, 0.717) is 6.54 Å². The number of rotatable bonds is 13. The van der Waals surface area contributed by atoms with Crippen molar-refractivity contribution in [3.8, 4) is 0 Å². The average Bonchev–Trinajstić information content (AvgIpc) is 2.55. The van der Waals surface area contributed by atoms with E-state index in [-0.39, 0.29) is 5.92 Å². The lowest BCUT2D eigenvalue weighted by atomic mass is 10.0. The number of hydrogen-bond acceptors (Lipinski definition) is 2. The molecule has 1 aromatic carbocycles. The van der Waals surface area contributed by atoms with Gasteiger partial charge in [-0.2, -0.15) is 0 Å². The number of benzene rings is 1. The van der Waals surface area contributed by atoms with Crippen molar-refractivity contribution in [3.05, 3.63) is 35.4 Å². The third-order valence-corrected chi connectivity index (χ3v) is 4.55. The fourth-order valence-electron chi connectivity index (χ4n) is 3.02. The number of carbonyl (C=O) groups is 1. The van der Waals surface area contributed by atoms with E-state index in [4.69, 9.17) is 5.11 Å². The van der Waals surface area contributed by atoms with Crippen molar-refractivity contribution in [1.29, 1.82) is 0 Å². The molecule has 0 bridgehead atoms. The standard InChI is InChI=1S/C21H35NO2/c1-4-5-6-7-8-9-10-11-19-12-14-20(15-13-19)17-22(3)16-18(2)21(23)24/h12-15,18H,4-11,16-17H2,1-3H3,(H,23,24). The van der Waals surface area contributed by atoms with E-state index in [0.717, 1.165) is 6.54 Å². The Bertz CT molecular complexity index is 455. The Kier molecular flexibility index (Phi) is 10.4. The minimum Gasteiger partial charge on any atom is -0.481 e. The zero-order valence-electron chi connectivity index (χ0n) is 15.8. The molecule has 0 radical (unpaired) electrons. The molecule has 0 aromatic heterocycles. The zero-order chi connectivity index (χ0) is 17.8. The Morgan fingerprint density at radius 3 is 2.12 bits per heavy atom. The molecule has 24 heavy (non-hydrogen) atoms. The van der Waals surface area contributed by atoms with Crippen LogP contribution >= 0.6 is 0 Å². The van der Waals surface area contributed by atoms with Crippen molar-refractivity contribution in [1.82, 2.24) is 4.90 Å². The molecular weight excluding hydrogens is 298 g/mol. The molecule has 0 aliphatic rings. The Hall–Kier alpha value is -1.35. The van der Waals surface area contributed by atoms with Crippen LogP contribution in [-0.2, 0) is 17.8 Å². The number of aliphatic carboxylic acids is 1. The van der Waals surface area contributed by atoms with Gasteiger partial charge in [-0.05, 0) is 31.0 Å². The largest absolute Gasteiger partial charge is 0.481 e. The maximum Gasteiger partial charge on any atom is 0.307 e. The van der Waals surface area contributed by atoms with Crippen LogP contribution in [0.1, 0.15) is 69.9 Å². The smallest absolute Gasteiger partial charge is 0.307 e. The lowest BCUT2D eigenvalue weighted by molar-refractivity contribution is -0.141. The van der Waals surface area contributed by atoms with Gasteiger partial charge in [-0.25, -0.2) is 0 Å². The highest BCUT2D eigenvalue weighted by molar-refractivity contribution is 5.69. The highest BCUT2D eigenvalue weighted by atomic mass is 16.4. The second-order valence-electron chi connectivity index (χ2n) is 7.12. The van der Waals surface area contributed by atoms with Crippen molar-refractivity contribution < 1.29 is 9.90 Å². The van der Waals surface area contributed by atoms with Crippen LogP contribution in [0.2, 0.25) is 0 Å². The van der Waals surface area contributed by atoms with Gasteiger partial charge in [0.05, 0.1) is 5.92 Å². The van der Waals surface area contributed by atoms with Gasteiger partial charge in [-0.15, -0.1) is 0 Å². The SMILES string of the molecule is CCCCCCCCCc1ccc(CN(C)CC(C)C(=O)O)cc1. The van der Waals surface area contributed by atoms with Gasteiger partial charge in [0, 0.05) is 13.1 Å². The quantitative estimate of drug-likeness (QED) is 0.509. The summed E-state index contributed by atoms with van der Waals surface area (Å²) in [7, 11) is 1.98. The molecule has 1 aromatic rings. The van der Waals surface area contributed by atoms with Crippen molar-refractivity contribution in [2.45, 2.75) is 71.8 Å². The summed E-state index contributed by atoms with van der Waals surface area (Å²) in [5, 5.41) is 8.97. The number of nitrogens with zero attached hydrogens (tertiary/aromatic N) is 1. The van der Waals surface area contributed by atoms with Crippen molar-refractivity contribution >= 4 is 5.97 Å². The summed E-state index contributed by atoms with van der Waals surface area (Å²) in [4.78, 5) is 13.0.